The van der Waals surface area contributed by atoms with Gasteiger partial charge in [-0.1, -0.05) is 55.5 Å². The van der Waals surface area contributed by atoms with E-state index in [0.717, 1.165) is 24.1 Å². The van der Waals surface area contributed by atoms with E-state index in [1.165, 1.54) is 0 Å². The molecule has 0 aliphatic carbocycles. The van der Waals surface area contributed by atoms with Crippen LogP contribution in [0.4, 0.5) is 4.39 Å². The fourth-order valence-electron chi connectivity index (χ4n) is 2.42. The Morgan fingerprint density at radius 2 is 1.91 bits per heavy atom. The number of allylic oxidation sites excluding steroid dienone is 4. The Morgan fingerprint density at radius 1 is 1.26 bits per heavy atom. The van der Waals surface area contributed by atoms with Gasteiger partial charge >= 0.3 is 0 Å². The van der Waals surface area contributed by atoms with Crippen molar-refractivity contribution in [1.29, 1.82) is 0 Å². The van der Waals surface area contributed by atoms with Gasteiger partial charge in [0.1, 0.15) is 0 Å². The van der Waals surface area contributed by atoms with Gasteiger partial charge in [-0.3, -0.25) is 4.79 Å². The Labute approximate surface area is 139 Å². The molecule has 23 heavy (non-hydrogen) atoms. The third-order valence-electron chi connectivity index (χ3n) is 3.82. The van der Waals surface area contributed by atoms with Crippen molar-refractivity contribution in [2.45, 2.75) is 27.2 Å². The van der Waals surface area contributed by atoms with Gasteiger partial charge in [0.15, 0.2) is 0 Å². The van der Waals surface area contributed by atoms with Gasteiger partial charge in [-0.25, -0.2) is 4.39 Å². The van der Waals surface area contributed by atoms with Gasteiger partial charge in [-0.05, 0) is 31.4 Å². The molecular formula is C20H26FNO. The van der Waals surface area contributed by atoms with Crippen LogP contribution in [-0.2, 0) is 4.79 Å². The van der Waals surface area contributed by atoms with Crippen molar-refractivity contribution >= 4 is 11.5 Å². The Bertz CT molecular complexity index is 587. The van der Waals surface area contributed by atoms with Crippen LogP contribution in [0, 0.1) is 5.92 Å². The molecule has 0 saturated heterocycles. The summed E-state index contributed by atoms with van der Waals surface area (Å²) in [4.78, 5) is 14.1. The quantitative estimate of drug-likeness (QED) is 0.648. The minimum atomic E-state index is -0.246. The van der Waals surface area contributed by atoms with Crippen LogP contribution in [0.15, 0.2) is 60.5 Å². The van der Waals surface area contributed by atoms with Gasteiger partial charge in [-0.15, -0.1) is 0 Å². The lowest BCUT2D eigenvalue weighted by molar-refractivity contribution is -0.132. The van der Waals surface area contributed by atoms with Crippen molar-refractivity contribution in [2.75, 3.05) is 13.6 Å². The molecule has 0 saturated carbocycles. The number of carbonyl (C=O) groups is 1. The van der Waals surface area contributed by atoms with E-state index in [4.69, 9.17) is 0 Å². The Kier molecular flexibility index (Phi) is 8.03. The molecule has 124 valence electrons. The van der Waals surface area contributed by atoms with Crippen molar-refractivity contribution in [2.24, 2.45) is 5.92 Å². The molecule has 0 aromatic heterocycles. The molecule has 1 amide bonds. The summed E-state index contributed by atoms with van der Waals surface area (Å²) in [6, 6.07) is 9.35. The fraction of sp³-hybridized carbons (Fsp3) is 0.350. The van der Waals surface area contributed by atoms with Gasteiger partial charge < -0.3 is 4.90 Å². The maximum absolute atomic E-state index is 13.2. The minimum Gasteiger partial charge on any atom is -0.345 e. The predicted octanol–water partition coefficient (Wildman–Crippen LogP) is 5.00. The van der Waals surface area contributed by atoms with Crippen LogP contribution in [0.25, 0.3) is 5.57 Å². The number of hydrogen-bond donors (Lipinski definition) is 0. The Balaban J connectivity index is 2.89. The summed E-state index contributed by atoms with van der Waals surface area (Å²) in [5.74, 6) is -0.167. The van der Waals surface area contributed by atoms with Crippen LogP contribution >= 0.6 is 0 Å². The lowest BCUT2D eigenvalue weighted by Gasteiger charge is -2.21. The summed E-state index contributed by atoms with van der Waals surface area (Å²) < 4.78 is 13.2. The van der Waals surface area contributed by atoms with Crippen LogP contribution in [0.2, 0.25) is 0 Å². The maximum atomic E-state index is 13.2. The van der Waals surface area contributed by atoms with Crippen LogP contribution < -0.4 is 0 Å². The van der Waals surface area contributed by atoms with E-state index in [1.54, 1.807) is 11.0 Å². The first kappa shape index (κ1) is 18.9. The molecule has 1 aromatic rings. The molecule has 3 heteroatoms. The molecule has 0 N–H and O–H groups in total. The smallest absolute Gasteiger partial charge is 0.229 e. The van der Waals surface area contributed by atoms with E-state index in [0.29, 0.717) is 11.9 Å². The molecule has 1 rings (SSSR count). The average molecular weight is 315 g/mol. The molecule has 1 unspecified atom stereocenters. The highest BCUT2D eigenvalue weighted by Crippen LogP contribution is 2.20. The van der Waals surface area contributed by atoms with Gasteiger partial charge in [-0.2, -0.15) is 0 Å². The van der Waals surface area contributed by atoms with E-state index in [2.05, 4.69) is 0 Å². The van der Waals surface area contributed by atoms with Crippen LogP contribution in [0.3, 0.4) is 0 Å². The summed E-state index contributed by atoms with van der Waals surface area (Å²) in [7, 11) is 1.82. The minimum absolute atomic E-state index is 0.0788. The van der Waals surface area contributed by atoms with Gasteiger partial charge in [0.05, 0.1) is 12.2 Å². The van der Waals surface area contributed by atoms with Crippen molar-refractivity contribution in [3.63, 3.8) is 0 Å². The average Bonchev–Trinajstić information content (AvgIpc) is 2.58. The standard InChI is InChI=1S/C20H26FNO/c1-5-14-22(4)20(23)16(3)17(6-2)12-13-19(15-21)18-10-8-7-9-11-18/h6-13,15-16H,5,14H2,1-4H3/b13-12-,17-6+,19-15-. The zero-order chi connectivity index (χ0) is 17.2. The maximum Gasteiger partial charge on any atom is 0.229 e. The highest BCUT2D eigenvalue weighted by molar-refractivity contribution is 5.82. The van der Waals surface area contributed by atoms with Crippen LogP contribution in [0.5, 0.6) is 0 Å². The number of hydrogen-bond acceptors (Lipinski definition) is 1. The molecule has 0 aliphatic heterocycles. The molecule has 0 aliphatic rings. The van der Waals surface area contributed by atoms with E-state index in [1.807, 2.05) is 70.3 Å². The molecule has 0 fully saturated rings. The highest BCUT2D eigenvalue weighted by Gasteiger charge is 2.19. The third-order valence-corrected chi connectivity index (χ3v) is 3.82. The molecule has 1 aromatic carbocycles. The first-order chi connectivity index (χ1) is 11.0. The number of halogens is 1. The summed E-state index contributed by atoms with van der Waals surface area (Å²) in [6.45, 7) is 6.56. The van der Waals surface area contributed by atoms with E-state index >= 15 is 0 Å². The summed E-state index contributed by atoms with van der Waals surface area (Å²) in [6.07, 6.45) is 6.96. The second kappa shape index (κ2) is 9.78. The van der Waals surface area contributed by atoms with Crippen molar-refractivity contribution in [1.82, 2.24) is 4.90 Å². The van der Waals surface area contributed by atoms with E-state index in [-0.39, 0.29) is 11.8 Å². The molecule has 0 spiro atoms. The molecule has 0 bridgehead atoms. The SMILES string of the molecule is C\C=C(/C=C\C(=C\F)c1ccccc1)C(C)C(=O)N(C)CCC. The summed E-state index contributed by atoms with van der Waals surface area (Å²) >= 11 is 0. The lowest BCUT2D eigenvalue weighted by atomic mass is 9.97. The number of rotatable bonds is 7. The van der Waals surface area contributed by atoms with Crippen molar-refractivity contribution in [3.8, 4) is 0 Å². The normalized spacial score (nSPS) is 14.1. The second-order valence-electron chi connectivity index (χ2n) is 5.53. The first-order valence-electron chi connectivity index (χ1n) is 8.00. The zero-order valence-corrected chi connectivity index (χ0v) is 14.4. The van der Waals surface area contributed by atoms with Gasteiger partial charge in [0.2, 0.25) is 5.91 Å². The van der Waals surface area contributed by atoms with Crippen molar-refractivity contribution in [3.05, 3.63) is 66.0 Å². The summed E-state index contributed by atoms with van der Waals surface area (Å²) in [5.41, 5.74) is 2.18. The van der Waals surface area contributed by atoms with E-state index < -0.39 is 0 Å². The van der Waals surface area contributed by atoms with E-state index in [9.17, 15) is 9.18 Å². The van der Waals surface area contributed by atoms with Crippen LogP contribution in [0.1, 0.15) is 32.8 Å². The lowest BCUT2D eigenvalue weighted by Crippen LogP contribution is -2.32. The molecule has 2 nitrogen and oxygen atoms in total. The Morgan fingerprint density at radius 3 is 2.43 bits per heavy atom. The first-order valence-corrected chi connectivity index (χ1v) is 8.00. The monoisotopic (exact) mass is 315 g/mol. The number of amides is 1. The summed E-state index contributed by atoms with van der Waals surface area (Å²) in [5, 5.41) is 0. The molecule has 0 heterocycles. The fourth-order valence-corrected chi connectivity index (χ4v) is 2.42. The Hall–Kier alpha value is -2.16. The number of carbonyl (C=O) groups excluding carboxylic acids is 1. The zero-order valence-electron chi connectivity index (χ0n) is 14.4. The molecular weight excluding hydrogens is 289 g/mol. The third kappa shape index (κ3) is 5.51. The molecule has 0 radical (unpaired) electrons. The van der Waals surface area contributed by atoms with Gasteiger partial charge in [0.25, 0.3) is 0 Å². The van der Waals surface area contributed by atoms with Crippen LogP contribution in [-0.4, -0.2) is 24.4 Å². The number of benzene rings is 1. The predicted molar refractivity (Wildman–Crippen MR) is 95.5 cm³/mol. The van der Waals surface area contributed by atoms with Gasteiger partial charge in [0, 0.05) is 19.2 Å². The van der Waals surface area contributed by atoms with Crippen molar-refractivity contribution < 1.29 is 9.18 Å². The topological polar surface area (TPSA) is 20.3 Å². The second-order valence-corrected chi connectivity index (χ2v) is 5.53. The molecule has 1 atom stereocenters. The largest absolute Gasteiger partial charge is 0.345 e. The number of nitrogens with zero attached hydrogens (tertiary/aromatic N) is 1. The highest BCUT2D eigenvalue weighted by atomic mass is 19.1.